The molecule has 0 fully saturated rings. The predicted octanol–water partition coefficient (Wildman–Crippen LogP) is 4.96. The Labute approximate surface area is 113 Å². The molecule has 0 amide bonds. The third-order valence-corrected chi connectivity index (χ3v) is 2.96. The van der Waals surface area contributed by atoms with Gasteiger partial charge in [0, 0.05) is 17.4 Å². The van der Waals surface area contributed by atoms with E-state index in [1.165, 1.54) is 0 Å². The molecule has 0 spiro atoms. The fourth-order valence-electron chi connectivity index (χ4n) is 2.10. The molecule has 3 aromatic carbocycles. The molecule has 91 valence electrons. The summed E-state index contributed by atoms with van der Waals surface area (Å²) in [6.45, 7) is 0. The maximum Gasteiger partial charge on any atom is 0.0540 e. The lowest BCUT2D eigenvalue weighted by atomic mass is 10.2. The second-order valence-corrected chi connectivity index (χ2v) is 4.25. The van der Waals surface area contributed by atoms with Gasteiger partial charge in [-0.25, -0.2) is 0 Å². The molecule has 1 heteroatoms. The van der Waals surface area contributed by atoms with Gasteiger partial charge in [0.25, 0.3) is 0 Å². The van der Waals surface area contributed by atoms with Crippen LogP contribution in [0.5, 0.6) is 0 Å². The van der Waals surface area contributed by atoms with Gasteiger partial charge in [-0.05, 0) is 30.3 Å². The van der Waals surface area contributed by atoms with E-state index >= 15 is 0 Å². The lowest BCUT2D eigenvalue weighted by molar-refractivity contribution is 1.28. The summed E-state index contributed by atoms with van der Waals surface area (Å²) < 4.78 is 0. The Bertz CT molecular complexity index is 524. The SMILES string of the molecule is [c]1ccccc1N(c1ccccc1)c1ccccc1. The van der Waals surface area contributed by atoms with Crippen molar-refractivity contribution in [1.82, 2.24) is 0 Å². The van der Waals surface area contributed by atoms with Crippen LogP contribution in [0.25, 0.3) is 0 Å². The van der Waals surface area contributed by atoms with E-state index in [2.05, 4.69) is 41.3 Å². The third kappa shape index (κ3) is 2.50. The molecule has 0 saturated heterocycles. The van der Waals surface area contributed by atoms with Crippen molar-refractivity contribution in [2.45, 2.75) is 0 Å². The van der Waals surface area contributed by atoms with Gasteiger partial charge in [-0.3, -0.25) is 0 Å². The topological polar surface area (TPSA) is 3.24 Å². The number of benzene rings is 3. The van der Waals surface area contributed by atoms with Crippen molar-refractivity contribution in [3.05, 3.63) is 91.0 Å². The molecule has 0 unspecified atom stereocenters. The maximum absolute atomic E-state index is 3.29. The van der Waals surface area contributed by atoms with Gasteiger partial charge in [0.05, 0.1) is 5.69 Å². The summed E-state index contributed by atoms with van der Waals surface area (Å²) in [5, 5.41) is 0. The Kier molecular flexibility index (Phi) is 3.28. The molecule has 3 rings (SSSR count). The summed E-state index contributed by atoms with van der Waals surface area (Å²) in [7, 11) is 0. The highest BCUT2D eigenvalue weighted by Crippen LogP contribution is 2.33. The van der Waals surface area contributed by atoms with Crippen LogP contribution in [0, 0.1) is 6.07 Å². The molecule has 0 aliphatic carbocycles. The number of anilines is 3. The van der Waals surface area contributed by atoms with E-state index in [0.717, 1.165) is 17.1 Å². The maximum atomic E-state index is 3.29. The van der Waals surface area contributed by atoms with Gasteiger partial charge in [0.2, 0.25) is 0 Å². The first-order valence-corrected chi connectivity index (χ1v) is 6.32. The van der Waals surface area contributed by atoms with Gasteiger partial charge in [-0.15, -0.1) is 0 Å². The molecule has 0 N–H and O–H groups in total. The summed E-state index contributed by atoms with van der Waals surface area (Å²) in [4.78, 5) is 2.19. The average Bonchev–Trinajstić information content (AvgIpc) is 2.51. The van der Waals surface area contributed by atoms with Crippen molar-refractivity contribution in [2.75, 3.05) is 4.90 Å². The molecule has 0 atom stereocenters. The quantitative estimate of drug-likeness (QED) is 0.629. The zero-order valence-electron chi connectivity index (χ0n) is 10.5. The fourth-order valence-corrected chi connectivity index (χ4v) is 2.10. The summed E-state index contributed by atoms with van der Waals surface area (Å²) in [6.07, 6.45) is 0. The Morgan fingerprint density at radius 3 is 1.58 bits per heavy atom. The molecular formula is C18H14N. The molecule has 0 aliphatic heterocycles. The second-order valence-electron chi connectivity index (χ2n) is 4.25. The summed E-state index contributed by atoms with van der Waals surface area (Å²) >= 11 is 0. The third-order valence-electron chi connectivity index (χ3n) is 2.96. The largest absolute Gasteiger partial charge is 0.310 e. The molecular weight excluding hydrogens is 230 g/mol. The van der Waals surface area contributed by atoms with Crippen molar-refractivity contribution in [2.24, 2.45) is 0 Å². The number of nitrogens with zero attached hydrogens (tertiary/aromatic N) is 1. The summed E-state index contributed by atoms with van der Waals surface area (Å²) in [5.41, 5.74) is 3.31. The lowest BCUT2D eigenvalue weighted by Gasteiger charge is -2.24. The fraction of sp³-hybridized carbons (Fsp3) is 0. The van der Waals surface area contributed by atoms with Crippen LogP contribution in [-0.2, 0) is 0 Å². The Morgan fingerprint density at radius 1 is 0.579 bits per heavy atom. The molecule has 0 aliphatic rings. The van der Waals surface area contributed by atoms with E-state index in [9.17, 15) is 0 Å². The van der Waals surface area contributed by atoms with Crippen LogP contribution in [0.15, 0.2) is 84.9 Å². The van der Waals surface area contributed by atoms with Crippen molar-refractivity contribution < 1.29 is 0 Å². The number of hydrogen-bond donors (Lipinski definition) is 0. The first-order chi connectivity index (χ1) is 9.45. The van der Waals surface area contributed by atoms with Gasteiger partial charge >= 0.3 is 0 Å². The summed E-state index contributed by atoms with van der Waals surface area (Å²) in [6, 6.07) is 32.0. The number of para-hydroxylation sites is 3. The van der Waals surface area contributed by atoms with E-state index in [1.807, 2.05) is 54.6 Å². The van der Waals surface area contributed by atoms with Crippen LogP contribution in [0.2, 0.25) is 0 Å². The molecule has 19 heavy (non-hydrogen) atoms. The van der Waals surface area contributed by atoms with Crippen LogP contribution in [-0.4, -0.2) is 0 Å². The van der Waals surface area contributed by atoms with Crippen molar-refractivity contribution in [3.63, 3.8) is 0 Å². The van der Waals surface area contributed by atoms with Gasteiger partial charge < -0.3 is 4.90 Å². The molecule has 0 heterocycles. The number of hydrogen-bond acceptors (Lipinski definition) is 1. The van der Waals surface area contributed by atoms with E-state index < -0.39 is 0 Å². The van der Waals surface area contributed by atoms with E-state index in [0.29, 0.717) is 0 Å². The minimum Gasteiger partial charge on any atom is -0.310 e. The van der Waals surface area contributed by atoms with Crippen molar-refractivity contribution in [1.29, 1.82) is 0 Å². The Balaban J connectivity index is 2.12. The van der Waals surface area contributed by atoms with E-state index in [-0.39, 0.29) is 0 Å². The van der Waals surface area contributed by atoms with Crippen LogP contribution < -0.4 is 4.90 Å². The van der Waals surface area contributed by atoms with Gasteiger partial charge in [0.1, 0.15) is 0 Å². The molecule has 0 bridgehead atoms. The van der Waals surface area contributed by atoms with Gasteiger partial charge in [-0.2, -0.15) is 0 Å². The standard InChI is InChI=1S/C18H14N/c1-4-10-16(11-5-1)19(17-12-6-2-7-13-17)18-14-8-3-9-15-18/h1-14H. The minimum atomic E-state index is 1.04. The monoisotopic (exact) mass is 244 g/mol. The van der Waals surface area contributed by atoms with Crippen LogP contribution >= 0.6 is 0 Å². The average molecular weight is 244 g/mol. The lowest BCUT2D eigenvalue weighted by Crippen LogP contribution is -2.09. The zero-order valence-corrected chi connectivity index (χ0v) is 10.5. The summed E-state index contributed by atoms with van der Waals surface area (Å²) in [5.74, 6) is 0. The van der Waals surface area contributed by atoms with Crippen molar-refractivity contribution in [3.8, 4) is 0 Å². The van der Waals surface area contributed by atoms with Gasteiger partial charge in [0.15, 0.2) is 0 Å². The zero-order chi connectivity index (χ0) is 12.9. The molecule has 0 saturated carbocycles. The first kappa shape index (κ1) is 11.5. The predicted molar refractivity (Wildman–Crippen MR) is 80.0 cm³/mol. The van der Waals surface area contributed by atoms with Crippen LogP contribution in [0.4, 0.5) is 17.1 Å². The van der Waals surface area contributed by atoms with E-state index in [4.69, 9.17) is 0 Å². The number of rotatable bonds is 3. The minimum absolute atomic E-state index is 1.04. The highest BCUT2D eigenvalue weighted by Gasteiger charge is 2.10. The Morgan fingerprint density at radius 2 is 1.11 bits per heavy atom. The highest BCUT2D eigenvalue weighted by molar-refractivity contribution is 5.75. The first-order valence-electron chi connectivity index (χ1n) is 6.32. The van der Waals surface area contributed by atoms with Gasteiger partial charge in [-0.1, -0.05) is 54.6 Å². The molecule has 1 radical (unpaired) electrons. The Hall–Kier alpha value is -2.54. The normalized spacial score (nSPS) is 10.1. The molecule has 3 aromatic rings. The highest BCUT2D eigenvalue weighted by atomic mass is 15.1. The molecule has 0 aromatic heterocycles. The smallest absolute Gasteiger partial charge is 0.0540 e. The van der Waals surface area contributed by atoms with E-state index in [1.54, 1.807) is 0 Å². The molecule has 1 nitrogen and oxygen atoms in total. The second kappa shape index (κ2) is 5.40. The van der Waals surface area contributed by atoms with Crippen molar-refractivity contribution >= 4 is 17.1 Å². The van der Waals surface area contributed by atoms with Crippen LogP contribution in [0.3, 0.4) is 0 Å². The van der Waals surface area contributed by atoms with Crippen LogP contribution in [0.1, 0.15) is 0 Å².